The van der Waals surface area contributed by atoms with Crippen molar-refractivity contribution in [2.45, 2.75) is 45.2 Å². The van der Waals surface area contributed by atoms with Gasteiger partial charge in [0.25, 0.3) is 5.91 Å². The third-order valence-corrected chi connectivity index (χ3v) is 6.65. The van der Waals surface area contributed by atoms with Gasteiger partial charge in [0.15, 0.2) is 11.5 Å². The predicted octanol–water partition coefficient (Wildman–Crippen LogP) is 4.77. The SMILES string of the molecule is Cc1ccc(CN(Cc2ccccc2)Cc2ccc(C(=O)N3CCC4(CC3)OCCO4)o2)cc1. The molecule has 0 bridgehead atoms. The predicted molar refractivity (Wildman–Crippen MR) is 129 cm³/mol. The van der Waals surface area contributed by atoms with Crippen molar-refractivity contribution in [2.75, 3.05) is 26.3 Å². The number of hydrogen-bond donors (Lipinski definition) is 0. The largest absolute Gasteiger partial charge is 0.455 e. The second kappa shape index (κ2) is 10.1. The third kappa shape index (κ3) is 5.41. The van der Waals surface area contributed by atoms with E-state index in [1.165, 1.54) is 16.7 Å². The summed E-state index contributed by atoms with van der Waals surface area (Å²) in [6.45, 7) is 6.82. The van der Waals surface area contributed by atoms with Gasteiger partial charge in [-0.15, -0.1) is 0 Å². The Balaban J connectivity index is 1.25. The highest BCUT2D eigenvalue weighted by molar-refractivity contribution is 5.91. The molecule has 0 radical (unpaired) electrons. The molecule has 6 heteroatoms. The molecule has 2 aliphatic rings. The molecule has 0 atom stereocenters. The van der Waals surface area contributed by atoms with Crippen molar-refractivity contribution < 1.29 is 18.7 Å². The fraction of sp³-hybridized carbons (Fsp3) is 0.393. The number of nitrogens with zero attached hydrogens (tertiary/aromatic N) is 2. The van der Waals surface area contributed by atoms with Gasteiger partial charge in [0.2, 0.25) is 0 Å². The van der Waals surface area contributed by atoms with E-state index in [9.17, 15) is 4.79 Å². The maximum Gasteiger partial charge on any atom is 0.289 e. The summed E-state index contributed by atoms with van der Waals surface area (Å²) in [6, 6.07) is 22.8. The number of ether oxygens (including phenoxy) is 2. The highest BCUT2D eigenvalue weighted by Crippen LogP contribution is 2.32. The van der Waals surface area contributed by atoms with Crippen molar-refractivity contribution in [1.29, 1.82) is 0 Å². The van der Waals surface area contributed by atoms with E-state index < -0.39 is 5.79 Å². The molecule has 0 unspecified atom stereocenters. The van der Waals surface area contributed by atoms with Crippen LogP contribution in [0.5, 0.6) is 0 Å². The quantitative estimate of drug-likeness (QED) is 0.508. The molecule has 2 aliphatic heterocycles. The van der Waals surface area contributed by atoms with Crippen LogP contribution in [0.15, 0.2) is 71.1 Å². The average Bonchev–Trinajstić information content (AvgIpc) is 3.51. The number of benzene rings is 2. The van der Waals surface area contributed by atoms with E-state index >= 15 is 0 Å². The van der Waals surface area contributed by atoms with Gasteiger partial charge in [-0.2, -0.15) is 0 Å². The molecule has 1 aromatic heterocycles. The molecule has 3 heterocycles. The Morgan fingerprint density at radius 3 is 2.18 bits per heavy atom. The standard InChI is InChI=1S/C28H32N2O4/c1-22-7-9-24(10-8-22)20-29(19-23-5-3-2-4-6-23)21-25-11-12-26(34-25)27(31)30-15-13-28(14-16-30)32-17-18-33-28/h2-12H,13-21H2,1H3. The molecule has 5 rings (SSSR count). The molecule has 0 aliphatic carbocycles. The molecular weight excluding hydrogens is 428 g/mol. The van der Waals surface area contributed by atoms with Crippen LogP contribution < -0.4 is 0 Å². The molecular formula is C28H32N2O4. The van der Waals surface area contributed by atoms with Crippen molar-refractivity contribution in [1.82, 2.24) is 9.80 Å². The molecule has 0 N–H and O–H groups in total. The Morgan fingerprint density at radius 1 is 0.853 bits per heavy atom. The van der Waals surface area contributed by atoms with Gasteiger partial charge in [0, 0.05) is 39.0 Å². The van der Waals surface area contributed by atoms with Gasteiger partial charge in [-0.1, -0.05) is 60.2 Å². The van der Waals surface area contributed by atoms with E-state index in [0.29, 0.717) is 51.4 Å². The molecule has 1 spiro atoms. The average molecular weight is 461 g/mol. The van der Waals surface area contributed by atoms with Gasteiger partial charge in [-0.25, -0.2) is 0 Å². The molecule has 2 aromatic carbocycles. The second-order valence-electron chi connectivity index (χ2n) is 9.28. The zero-order valence-electron chi connectivity index (χ0n) is 19.7. The summed E-state index contributed by atoms with van der Waals surface area (Å²) in [5, 5.41) is 0. The summed E-state index contributed by atoms with van der Waals surface area (Å²) in [5.41, 5.74) is 3.75. The number of likely N-dealkylation sites (tertiary alicyclic amines) is 1. The zero-order chi connectivity index (χ0) is 23.4. The van der Waals surface area contributed by atoms with Crippen LogP contribution >= 0.6 is 0 Å². The molecule has 1 amide bonds. The number of piperidine rings is 1. The first kappa shape index (κ1) is 22.8. The van der Waals surface area contributed by atoms with Crippen molar-refractivity contribution in [3.8, 4) is 0 Å². The molecule has 2 saturated heterocycles. The summed E-state index contributed by atoms with van der Waals surface area (Å²) in [6.07, 6.45) is 1.40. The zero-order valence-corrected chi connectivity index (χ0v) is 19.7. The minimum atomic E-state index is -0.487. The fourth-order valence-corrected chi connectivity index (χ4v) is 4.75. The number of carbonyl (C=O) groups excluding carboxylic acids is 1. The summed E-state index contributed by atoms with van der Waals surface area (Å²) >= 11 is 0. The number of furan rings is 1. The number of carbonyl (C=O) groups is 1. The highest BCUT2D eigenvalue weighted by Gasteiger charge is 2.41. The second-order valence-corrected chi connectivity index (χ2v) is 9.28. The lowest BCUT2D eigenvalue weighted by Crippen LogP contribution is -2.47. The molecule has 0 saturated carbocycles. The minimum absolute atomic E-state index is 0.0627. The Hall–Kier alpha value is -2.93. The lowest BCUT2D eigenvalue weighted by molar-refractivity contribution is -0.181. The lowest BCUT2D eigenvalue weighted by atomic mass is 10.0. The maximum absolute atomic E-state index is 13.1. The first-order chi connectivity index (χ1) is 16.6. The van der Waals surface area contributed by atoms with E-state index in [0.717, 1.165) is 18.8 Å². The van der Waals surface area contributed by atoms with Crippen LogP contribution in [0.25, 0.3) is 0 Å². The van der Waals surface area contributed by atoms with Crippen LogP contribution in [-0.4, -0.2) is 47.8 Å². The van der Waals surface area contributed by atoms with Crippen LogP contribution in [0.1, 0.15) is 45.8 Å². The van der Waals surface area contributed by atoms with E-state index in [2.05, 4.69) is 60.4 Å². The minimum Gasteiger partial charge on any atom is -0.455 e. The van der Waals surface area contributed by atoms with Gasteiger partial charge in [0.05, 0.1) is 19.8 Å². The molecule has 3 aromatic rings. The Bertz CT molecular complexity index is 1080. The van der Waals surface area contributed by atoms with E-state index in [-0.39, 0.29) is 5.91 Å². The van der Waals surface area contributed by atoms with Gasteiger partial charge in [-0.05, 0) is 30.2 Å². The molecule has 6 nitrogen and oxygen atoms in total. The number of hydrogen-bond acceptors (Lipinski definition) is 5. The first-order valence-corrected chi connectivity index (χ1v) is 12.1. The topological polar surface area (TPSA) is 55.2 Å². The maximum atomic E-state index is 13.1. The van der Waals surface area contributed by atoms with Crippen molar-refractivity contribution in [3.63, 3.8) is 0 Å². The summed E-state index contributed by atoms with van der Waals surface area (Å²) in [5.74, 6) is 0.641. The molecule has 2 fully saturated rings. The van der Waals surface area contributed by atoms with Gasteiger partial charge >= 0.3 is 0 Å². The van der Waals surface area contributed by atoms with Crippen molar-refractivity contribution in [3.05, 3.63) is 94.9 Å². The Kier molecular flexibility index (Phi) is 6.81. The van der Waals surface area contributed by atoms with Crippen LogP contribution in [0.4, 0.5) is 0 Å². The third-order valence-electron chi connectivity index (χ3n) is 6.65. The van der Waals surface area contributed by atoms with Crippen molar-refractivity contribution in [2.24, 2.45) is 0 Å². The first-order valence-electron chi connectivity index (χ1n) is 12.1. The Morgan fingerprint density at radius 2 is 1.50 bits per heavy atom. The lowest BCUT2D eigenvalue weighted by Gasteiger charge is -2.37. The summed E-state index contributed by atoms with van der Waals surface area (Å²) < 4.78 is 17.6. The smallest absolute Gasteiger partial charge is 0.289 e. The summed E-state index contributed by atoms with van der Waals surface area (Å²) in [7, 11) is 0. The van der Waals surface area contributed by atoms with Gasteiger partial charge in [0.1, 0.15) is 5.76 Å². The number of amides is 1. The monoisotopic (exact) mass is 460 g/mol. The summed E-state index contributed by atoms with van der Waals surface area (Å²) in [4.78, 5) is 17.2. The highest BCUT2D eigenvalue weighted by atomic mass is 16.7. The fourth-order valence-electron chi connectivity index (χ4n) is 4.75. The molecule has 34 heavy (non-hydrogen) atoms. The van der Waals surface area contributed by atoms with Crippen LogP contribution in [0.2, 0.25) is 0 Å². The van der Waals surface area contributed by atoms with E-state index in [1.54, 1.807) is 6.07 Å². The van der Waals surface area contributed by atoms with E-state index in [4.69, 9.17) is 13.9 Å². The van der Waals surface area contributed by atoms with Crippen LogP contribution in [0, 0.1) is 6.92 Å². The number of rotatable bonds is 7. The van der Waals surface area contributed by atoms with Gasteiger partial charge in [-0.3, -0.25) is 9.69 Å². The van der Waals surface area contributed by atoms with Gasteiger partial charge < -0.3 is 18.8 Å². The molecule has 178 valence electrons. The Labute approximate surface area is 201 Å². The number of aryl methyl sites for hydroxylation is 1. The van der Waals surface area contributed by atoms with Crippen LogP contribution in [-0.2, 0) is 29.1 Å². The van der Waals surface area contributed by atoms with Crippen LogP contribution in [0.3, 0.4) is 0 Å². The van der Waals surface area contributed by atoms with E-state index in [1.807, 2.05) is 17.0 Å². The normalized spacial score (nSPS) is 17.5. The van der Waals surface area contributed by atoms with Crippen molar-refractivity contribution >= 4 is 5.91 Å².